The van der Waals surface area contributed by atoms with Gasteiger partial charge in [0.15, 0.2) is 11.6 Å². The molecule has 0 atom stereocenters. The lowest BCUT2D eigenvalue weighted by Gasteiger charge is -2.15. The van der Waals surface area contributed by atoms with E-state index in [4.69, 9.17) is 15.1 Å². The molecule has 0 saturated carbocycles. The van der Waals surface area contributed by atoms with Gasteiger partial charge < -0.3 is 9.84 Å². The molecule has 5 heteroatoms. The van der Waals surface area contributed by atoms with Gasteiger partial charge in [0.05, 0.1) is 18.1 Å². The second-order valence-corrected chi connectivity index (χ2v) is 4.96. The zero-order valence-electron chi connectivity index (χ0n) is 11.4. The van der Waals surface area contributed by atoms with Crippen molar-refractivity contribution >= 4 is 12.0 Å². The maximum absolute atomic E-state index is 13.7. The van der Waals surface area contributed by atoms with Crippen molar-refractivity contribution in [3.05, 3.63) is 35.7 Å². The van der Waals surface area contributed by atoms with Crippen molar-refractivity contribution in [3.63, 3.8) is 0 Å². The molecule has 106 valence electrons. The van der Waals surface area contributed by atoms with Crippen molar-refractivity contribution in [1.82, 2.24) is 0 Å². The van der Waals surface area contributed by atoms with Crippen molar-refractivity contribution in [3.8, 4) is 11.8 Å². The second-order valence-electron chi connectivity index (χ2n) is 4.96. The molecular weight excluding hydrogens is 261 g/mol. The number of nitrogens with zero attached hydrogens (tertiary/aromatic N) is 1. The standard InChI is InChI=1S/C15H16FNO3/c1-15(2,10-17)7-8-20-13-5-3-11(9-12(13)16)4-6-14(18)19/h3-6,9H,7-8H2,1-2H3,(H,18,19)/b6-4+. The summed E-state index contributed by atoms with van der Waals surface area (Å²) in [7, 11) is 0. The van der Waals surface area contributed by atoms with Crippen molar-refractivity contribution in [2.24, 2.45) is 5.41 Å². The second kappa shape index (κ2) is 6.71. The number of carboxylic acids is 1. The Balaban J connectivity index is 2.65. The third kappa shape index (κ3) is 5.11. The Morgan fingerprint density at radius 1 is 1.55 bits per heavy atom. The Labute approximate surface area is 117 Å². The summed E-state index contributed by atoms with van der Waals surface area (Å²) in [6.07, 6.45) is 2.72. The van der Waals surface area contributed by atoms with Gasteiger partial charge in [-0.05, 0) is 44.0 Å². The van der Waals surface area contributed by atoms with Gasteiger partial charge in [-0.25, -0.2) is 9.18 Å². The van der Waals surface area contributed by atoms with Crippen LogP contribution < -0.4 is 4.74 Å². The summed E-state index contributed by atoms with van der Waals surface area (Å²) in [4.78, 5) is 10.4. The van der Waals surface area contributed by atoms with Crippen molar-refractivity contribution in [2.75, 3.05) is 6.61 Å². The highest BCUT2D eigenvalue weighted by Gasteiger charge is 2.16. The lowest BCUT2D eigenvalue weighted by Crippen LogP contribution is -2.13. The molecule has 0 aliphatic rings. The molecule has 0 bridgehead atoms. The topological polar surface area (TPSA) is 70.3 Å². The number of carbonyl (C=O) groups is 1. The van der Waals surface area contributed by atoms with Gasteiger partial charge >= 0.3 is 5.97 Å². The number of carboxylic acid groups (broad SMARTS) is 1. The summed E-state index contributed by atoms with van der Waals surface area (Å²) in [5.74, 6) is -1.57. The fourth-order valence-corrected chi connectivity index (χ4v) is 1.38. The van der Waals surface area contributed by atoms with Crippen LogP contribution in [0.5, 0.6) is 5.75 Å². The third-order valence-corrected chi connectivity index (χ3v) is 2.66. The van der Waals surface area contributed by atoms with Crippen LogP contribution in [0, 0.1) is 22.6 Å². The summed E-state index contributed by atoms with van der Waals surface area (Å²) in [5, 5.41) is 17.3. The minimum absolute atomic E-state index is 0.0891. The highest BCUT2D eigenvalue weighted by Crippen LogP contribution is 2.22. The molecular formula is C15H16FNO3. The van der Waals surface area contributed by atoms with Gasteiger partial charge in [0.1, 0.15) is 0 Å². The fraction of sp³-hybridized carbons (Fsp3) is 0.333. The number of ether oxygens (including phenoxy) is 1. The number of benzene rings is 1. The Morgan fingerprint density at radius 3 is 2.80 bits per heavy atom. The summed E-state index contributed by atoms with van der Waals surface area (Å²) >= 11 is 0. The van der Waals surface area contributed by atoms with Crippen LogP contribution in [0.3, 0.4) is 0 Å². The van der Waals surface area contributed by atoms with Gasteiger partial charge in [-0.3, -0.25) is 0 Å². The molecule has 0 aliphatic carbocycles. The molecule has 0 amide bonds. The van der Waals surface area contributed by atoms with E-state index in [-0.39, 0.29) is 12.4 Å². The molecule has 4 nitrogen and oxygen atoms in total. The molecule has 1 N–H and O–H groups in total. The monoisotopic (exact) mass is 277 g/mol. The minimum atomic E-state index is -1.09. The molecule has 1 rings (SSSR count). The first-order valence-corrected chi connectivity index (χ1v) is 6.09. The maximum Gasteiger partial charge on any atom is 0.328 e. The van der Waals surface area contributed by atoms with E-state index in [0.717, 1.165) is 6.08 Å². The summed E-state index contributed by atoms with van der Waals surface area (Å²) in [5.41, 5.74) is -0.0738. The normalized spacial score (nSPS) is 11.3. The largest absolute Gasteiger partial charge is 0.490 e. The lowest BCUT2D eigenvalue weighted by atomic mass is 9.92. The number of rotatable bonds is 6. The van der Waals surface area contributed by atoms with E-state index in [9.17, 15) is 9.18 Å². The molecule has 1 aromatic carbocycles. The molecule has 0 spiro atoms. The fourth-order valence-electron chi connectivity index (χ4n) is 1.38. The first kappa shape index (κ1) is 15.7. The zero-order valence-corrected chi connectivity index (χ0v) is 11.4. The smallest absolute Gasteiger partial charge is 0.328 e. The molecule has 0 fully saturated rings. The van der Waals surface area contributed by atoms with E-state index >= 15 is 0 Å². The highest BCUT2D eigenvalue weighted by atomic mass is 19.1. The maximum atomic E-state index is 13.7. The van der Waals surface area contributed by atoms with Crippen LogP contribution in [0.15, 0.2) is 24.3 Å². The summed E-state index contributed by atoms with van der Waals surface area (Å²) in [6.45, 7) is 3.81. The van der Waals surface area contributed by atoms with Crippen LogP contribution >= 0.6 is 0 Å². The molecule has 0 heterocycles. The third-order valence-electron chi connectivity index (χ3n) is 2.66. The predicted octanol–water partition coefficient (Wildman–Crippen LogP) is 3.24. The lowest BCUT2D eigenvalue weighted by molar-refractivity contribution is -0.131. The van der Waals surface area contributed by atoms with E-state index in [1.54, 1.807) is 19.9 Å². The Kier molecular flexibility index (Phi) is 5.27. The van der Waals surface area contributed by atoms with Crippen molar-refractivity contribution in [2.45, 2.75) is 20.3 Å². The molecule has 0 aromatic heterocycles. The average Bonchev–Trinajstić information content (AvgIpc) is 2.38. The van der Waals surface area contributed by atoms with E-state index in [2.05, 4.69) is 6.07 Å². The zero-order chi connectivity index (χ0) is 15.2. The molecule has 20 heavy (non-hydrogen) atoms. The summed E-state index contributed by atoms with van der Waals surface area (Å²) in [6, 6.07) is 6.34. The minimum Gasteiger partial charge on any atom is -0.490 e. The predicted molar refractivity (Wildman–Crippen MR) is 72.6 cm³/mol. The van der Waals surface area contributed by atoms with E-state index in [0.29, 0.717) is 12.0 Å². The molecule has 0 aliphatic heterocycles. The molecule has 1 aromatic rings. The van der Waals surface area contributed by atoms with Gasteiger partial charge in [-0.15, -0.1) is 0 Å². The van der Waals surface area contributed by atoms with Crippen molar-refractivity contribution < 1.29 is 19.0 Å². The van der Waals surface area contributed by atoms with Crippen molar-refractivity contribution in [1.29, 1.82) is 5.26 Å². The Bertz CT molecular complexity index is 559. The molecule has 0 unspecified atom stereocenters. The van der Waals surface area contributed by atoms with E-state index in [1.807, 2.05) is 0 Å². The number of hydrogen-bond acceptors (Lipinski definition) is 3. The molecule has 0 radical (unpaired) electrons. The highest BCUT2D eigenvalue weighted by molar-refractivity contribution is 5.85. The van der Waals surface area contributed by atoms with Crippen LogP contribution in [0.1, 0.15) is 25.8 Å². The van der Waals surface area contributed by atoms with Crippen LogP contribution in [0.2, 0.25) is 0 Å². The van der Waals surface area contributed by atoms with Crippen LogP contribution in [0.25, 0.3) is 6.08 Å². The first-order valence-electron chi connectivity index (χ1n) is 6.09. The summed E-state index contributed by atoms with van der Waals surface area (Å²) < 4.78 is 19.0. The Morgan fingerprint density at radius 2 is 2.25 bits per heavy atom. The molecule has 0 saturated heterocycles. The van der Waals surface area contributed by atoms with E-state index in [1.165, 1.54) is 18.2 Å². The number of aliphatic carboxylic acids is 1. The Hall–Kier alpha value is -2.35. The SMILES string of the molecule is CC(C)(C#N)CCOc1ccc(/C=C/C(=O)O)cc1F. The van der Waals surface area contributed by atoms with Crippen LogP contribution in [0.4, 0.5) is 4.39 Å². The van der Waals surface area contributed by atoms with Gasteiger partial charge in [0, 0.05) is 6.08 Å². The van der Waals surface area contributed by atoms with Gasteiger partial charge in [-0.2, -0.15) is 5.26 Å². The van der Waals surface area contributed by atoms with Gasteiger partial charge in [0.2, 0.25) is 0 Å². The quantitative estimate of drug-likeness (QED) is 0.810. The average molecular weight is 277 g/mol. The van der Waals surface area contributed by atoms with Crippen LogP contribution in [-0.2, 0) is 4.79 Å². The van der Waals surface area contributed by atoms with Gasteiger partial charge in [0.25, 0.3) is 0 Å². The first-order chi connectivity index (χ1) is 9.34. The van der Waals surface area contributed by atoms with Gasteiger partial charge in [-0.1, -0.05) is 6.07 Å². The number of hydrogen-bond donors (Lipinski definition) is 1. The number of nitriles is 1. The van der Waals surface area contributed by atoms with Crippen LogP contribution in [-0.4, -0.2) is 17.7 Å². The number of halogens is 1. The van der Waals surface area contributed by atoms with E-state index < -0.39 is 17.2 Å².